The summed E-state index contributed by atoms with van der Waals surface area (Å²) >= 11 is 13.5. The fourth-order valence-corrected chi connectivity index (χ4v) is 4.72. The van der Waals surface area contributed by atoms with E-state index in [-0.39, 0.29) is 5.91 Å². The van der Waals surface area contributed by atoms with Crippen molar-refractivity contribution in [3.63, 3.8) is 0 Å². The lowest BCUT2D eigenvalue weighted by molar-refractivity contribution is -0.115. The number of amides is 1. The maximum absolute atomic E-state index is 12.7. The molecule has 3 aromatic carbocycles. The van der Waals surface area contributed by atoms with Gasteiger partial charge in [0.05, 0.1) is 27.2 Å². The monoisotopic (exact) mass is 538 g/mol. The summed E-state index contributed by atoms with van der Waals surface area (Å²) < 4.78 is 12.1. The Hall–Kier alpha value is -3.19. The van der Waals surface area contributed by atoms with Gasteiger partial charge in [-0.15, -0.1) is 6.58 Å². The number of thioether (sulfide) groups is 1. The van der Waals surface area contributed by atoms with Gasteiger partial charge in [0.15, 0.2) is 16.7 Å². The van der Waals surface area contributed by atoms with E-state index in [1.165, 1.54) is 11.8 Å². The van der Waals surface area contributed by atoms with Crippen LogP contribution in [0, 0.1) is 0 Å². The van der Waals surface area contributed by atoms with Crippen LogP contribution in [0.25, 0.3) is 6.08 Å². The van der Waals surface area contributed by atoms with Gasteiger partial charge in [-0.1, -0.05) is 65.7 Å². The van der Waals surface area contributed by atoms with Crippen LogP contribution >= 0.6 is 35.0 Å². The summed E-state index contributed by atoms with van der Waals surface area (Å²) in [6.45, 7) is 6.69. The van der Waals surface area contributed by atoms with Crippen LogP contribution in [0.2, 0.25) is 10.0 Å². The Morgan fingerprint density at radius 1 is 1.08 bits per heavy atom. The Balaban J connectivity index is 1.63. The van der Waals surface area contributed by atoms with E-state index in [2.05, 4.69) is 16.9 Å². The molecular formula is C28H24Cl2N2O3S. The zero-order chi connectivity index (χ0) is 25.5. The van der Waals surface area contributed by atoms with Crippen molar-refractivity contribution in [1.82, 2.24) is 5.32 Å². The molecule has 1 aliphatic rings. The Kier molecular flexibility index (Phi) is 8.75. The van der Waals surface area contributed by atoms with E-state index in [1.807, 2.05) is 55.5 Å². The quantitative estimate of drug-likeness (QED) is 0.225. The number of benzene rings is 3. The highest BCUT2D eigenvalue weighted by molar-refractivity contribution is 8.18. The highest BCUT2D eigenvalue weighted by atomic mass is 35.5. The van der Waals surface area contributed by atoms with Gasteiger partial charge >= 0.3 is 0 Å². The zero-order valence-corrected chi connectivity index (χ0v) is 21.9. The van der Waals surface area contributed by atoms with Gasteiger partial charge in [-0.2, -0.15) is 0 Å². The fraction of sp³-hybridized carbons (Fsp3) is 0.143. The number of amidine groups is 1. The third kappa shape index (κ3) is 6.32. The molecule has 0 aliphatic carbocycles. The van der Waals surface area contributed by atoms with Crippen LogP contribution in [0.4, 0.5) is 5.69 Å². The van der Waals surface area contributed by atoms with Crippen molar-refractivity contribution in [2.24, 2.45) is 4.99 Å². The van der Waals surface area contributed by atoms with Crippen molar-refractivity contribution < 1.29 is 14.3 Å². The van der Waals surface area contributed by atoms with E-state index in [4.69, 9.17) is 32.7 Å². The molecule has 0 spiro atoms. The van der Waals surface area contributed by atoms with Gasteiger partial charge in [0, 0.05) is 5.56 Å². The first-order valence-electron chi connectivity index (χ1n) is 11.3. The molecule has 1 N–H and O–H groups in total. The van der Waals surface area contributed by atoms with E-state index in [1.54, 1.807) is 24.3 Å². The first kappa shape index (κ1) is 25.9. The summed E-state index contributed by atoms with van der Waals surface area (Å²) in [5.41, 5.74) is 3.27. The number of ether oxygens (including phenoxy) is 2. The molecule has 5 nitrogen and oxygen atoms in total. The van der Waals surface area contributed by atoms with Crippen LogP contribution < -0.4 is 14.8 Å². The Morgan fingerprint density at radius 2 is 1.89 bits per heavy atom. The van der Waals surface area contributed by atoms with Crippen LogP contribution in [0.5, 0.6) is 11.5 Å². The molecule has 36 heavy (non-hydrogen) atoms. The second kappa shape index (κ2) is 12.2. The number of carbonyl (C=O) groups is 1. The maximum Gasteiger partial charge on any atom is 0.264 e. The minimum atomic E-state index is -0.246. The van der Waals surface area contributed by atoms with Gasteiger partial charge in [0.1, 0.15) is 6.61 Å². The highest BCUT2D eigenvalue weighted by Crippen LogP contribution is 2.38. The number of nitrogens with zero attached hydrogens (tertiary/aromatic N) is 1. The summed E-state index contributed by atoms with van der Waals surface area (Å²) in [7, 11) is 0. The van der Waals surface area contributed by atoms with E-state index < -0.39 is 0 Å². The van der Waals surface area contributed by atoms with E-state index in [9.17, 15) is 4.79 Å². The molecule has 8 heteroatoms. The summed E-state index contributed by atoms with van der Waals surface area (Å²) in [6, 6.07) is 19.0. The predicted molar refractivity (Wildman–Crippen MR) is 150 cm³/mol. The summed E-state index contributed by atoms with van der Waals surface area (Å²) in [5, 5.41) is 3.94. The lowest BCUT2D eigenvalue weighted by Crippen LogP contribution is -2.19. The smallest absolute Gasteiger partial charge is 0.264 e. The van der Waals surface area contributed by atoms with Crippen LogP contribution in [-0.4, -0.2) is 17.7 Å². The van der Waals surface area contributed by atoms with Gasteiger partial charge < -0.3 is 14.8 Å². The number of hydrogen-bond acceptors (Lipinski definition) is 5. The second-order valence-electron chi connectivity index (χ2n) is 7.76. The topological polar surface area (TPSA) is 59.9 Å². The van der Waals surface area contributed by atoms with Crippen molar-refractivity contribution >= 4 is 57.8 Å². The normalized spacial score (nSPS) is 15.2. The molecule has 0 atom stereocenters. The molecule has 0 radical (unpaired) electrons. The van der Waals surface area contributed by atoms with Gasteiger partial charge in [-0.3, -0.25) is 4.79 Å². The highest BCUT2D eigenvalue weighted by Gasteiger charge is 2.25. The number of rotatable bonds is 9. The Labute approximate surface area is 224 Å². The number of carbonyl (C=O) groups excluding carboxylic acids is 1. The molecule has 184 valence electrons. The molecule has 0 bridgehead atoms. The lowest BCUT2D eigenvalue weighted by Gasteiger charge is -2.17. The van der Waals surface area contributed by atoms with Crippen LogP contribution in [0.15, 0.2) is 83.2 Å². The second-order valence-corrected chi connectivity index (χ2v) is 9.58. The van der Waals surface area contributed by atoms with Crippen LogP contribution in [0.1, 0.15) is 23.6 Å². The number of hydrogen-bond donors (Lipinski definition) is 1. The van der Waals surface area contributed by atoms with Crippen molar-refractivity contribution in [1.29, 1.82) is 0 Å². The number of halogens is 2. The van der Waals surface area contributed by atoms with Crippen molar-refractivity contribution in [2.75, 3.05) is 6.61 Å². The average Bonchev–Trinajstić information content (AvgIpc) is 3.21. The average molecular weight is 539 g/mol. The molecule has 1 amide bonds. The largest absolute Gasteiger partial charge is 0.490 e. The number of aliphatic imine (C=N–C) groups is 1. The van der Waals surface area contributed by atoms with Crippen molar-refractivity contribution in [2.45, 2.75) is 20.0 Å². The number of nitrogens with one attached hydrogen (secondary N) is 1. The van der Waals surface area contributed by atoms with Gasteiger partial charge in [0.2, 0.25) is 0 Å². The molecule has 1 fully saturated rings. The fourth-order valence-electron chi connectivity index (χ4n) is 3.55. The molecule has 1 saturated heterocycles. The van der Waals surface area contributed by atoms with Crippen LogP contribution in [-0.2, 0) is 17.8 Å². The molecule has 0 unspecified atom stereocenters. The SMILES string of the molecule is C=CCc1cc(/C=C2\SC(=Nc3cccc(Cl)c3Cl)NC2=O)cc(OCC)c1OCc1ccccc1. The third-order valence-corrected chi connectivity index (χ3v) is 6.86. The first-order valence-corrected chi connectivity index (χ1v) is 12.9. The molecule has 4 rings (SSSR count). The van der Waals surface area contributed by atoms with E-state index in [0.29, 0.717) is 56.9 Å². The molecule has 0 saturated carbocycles. The zero-order valence-electron chi connectivity index (χ0n) is 19.6. The van der Waals surface area contributed by atoms with Crippen LogP contribution in [0.3, 0.4) is 0 Å². The molecule has 3 aromatic rings. The van der Waals surface area contributed by atoms with Gasteiger partial charge in [0.25, 0.3) is 5.91 Å². The maximum atomic E-state index is 12.7. The minimum absolute atomic E-state index is 0.246. The summed E-state index contributed by atoms with van der Waals surface area (Å²) in [5.74, 6) is 1.04. The minimum Gasteiger partial charge on any atom is -0.490 e. The molecule has 1 aliphatic heterocycles. The predicted octanol–water partition coefficient (Wildman–Crippen LogP) is 7.59. The molecule has 0 aromatic heterocycles. The Morgan fingerprint density at radius 3 is 2.64 bits per heavy atom. The standard InChI is InChI=1S/C28H24Cl2N2O3S/c1-3-9-20-14-19(15-23(34-4-2)26(20)35-17-18-10-6-5-7-11-18)16-24-27(33)32-28(36-24)31-22-13-8-12-21(29)25(22)30/h3,5-8,10-16H,1,4,9,17H2,2H3,(H,31,32,33)/b24-16-. The summed E-state index contributed by atoms with van der Waals surface area (Å²) in [4.78, 5) is 17.6. The van der Waals surface area contributed by atoms with E-state index >= 15 is 0 Å². The third-order valence-electron chi connectivity index (χ3n) is 5.15. The Bertz CT molecular complexity index is 1340. The number of allylic oxidation sites excluding steroid dienone is 1. The molecular weight excluding hydrogens is 515 g/mol. The van der Waals surface area contributed by atoms with Crippen molar-refractivity contribution in [3.05, 3.63) is 105 Å². The summed E-state index contributed by atoms with van der Waals surface area (Å²) in [6.07, 6.45) is 4.20. The molecule has 1 heterocycles. The lowest BCUT2D eigenvalue weighted by atomic mass is 10.0. The van der Waals surface area contributed by atoms with Gasteiger partial charge in [-0.05, 0) is 66.6 Å². The van der Waals surface area contributed by atoms with Crippen molar-refractivity contribution in [3.8, 4) is 11.5 Å². The first-order chi connectivity index (χ1) is 17.5. The van der Waals surface area contributed by atoms with E-state index in [0.717, 1.165) is 16.7 Å². The van der Waals surface area contributed by atoms with Gasteiger partial charge in [-0.25, -0.2) is 4.99 Å².